The minimum absolute atomic E-state index is 0.103. The van der Waals surface area contributed by atoms with E-state index in [1.165, 1.54) is 26.8 Å². The molecule has 2 rings (SSSR count). The average molecular weight is 327 g/mol. The summed E-state index contributed by atoms with van der Waals surface area (Å²) in [4.78, 5) is 26.4. The van der Waals surface area contributed by atoms with Gasteiger partial charge in [-0.25, -0.2) is 22.2 Å². The number of hydrogen-bond acceptors (Lipinski definition) is 5. The van der Waals surface area contributed by atoms with Crippen LogP contribution in [-0.4, -0.2) is 39.6 Å². The molecule has 1 aromatic heterocycles. The number of rotatable bonds is 4. The van der Waals surface area contributed by atoms with Crippen LogP contribution in [0.5, 0.6) is 0 Å². The lowest BCUT2D eigenvalue weighted by molar-refractivity contribution is -0.132. The van der Waals surface area contributed by atoms with Crippen molar-refractivity contribution < 1.29 is 23.1 Å². The third-order valence-corrected chi connectivity index (χ3v) is 5.41. The number of nitrogens with one attached hydrogen (secondary N) is 1. The summed E-state index contributed by atoms with van der Waals surface area (Å²) in [6, 6.07) is 0. The first kappa shape index (κ1) is 16.2. The van der Waals surface area contributed by atoms with Gasteiger partial charge in [-0.3, -0.25) is 10.1 Å². The lowest BCUT2D eigenvalue weighted by atomic mass is 10.0. The van der Waals surface area contributed by atoms with Crippen LogP contribution >= 0.6 is 0 Å². The van der Waals surface area contributed by atoms with Crippen LogP contribution < -0.4 is 5.32 Å². The summed E-state index contributed by atoms with van der Waals surface area (Å²) < 4.78 is 26.1. The number of carbonyl (C=O) groups is 2. The van der Waals surface area contributed by atoms with Crippen molar-refractivity contribution >= 4 is 33.9 Å². The largest absolute Gasteiger partial charge is 0.478 e. The second-order valence-corrected chi connectivity index (χ2v) is 7.62. The molecular formula is C13H17N3O5S. The molecule has 0 saturated heterocycles. The second kappa shape index (κ2) is 5.56. The predicted octanol–water partition coefficient (Wildman–Crippen LogP) is 0.842. The van der Waals surface area contributed by atoms with Crippen molar-refractivity contribution in [1.82, 2.24) is 8.96 Å². The van der Waals surface area contributed by atoms with Gasteiger partial charge in [-0.05, 0) is 32.8 Å². The van der Waals surface area contributed by atoms with Gasteiger partial charge in [0.2, 0.25) is 21.9 Å². The molecule has 22 heavy (non-hydrogen) atoms. The molecule has 0 saturated carbocycles. The molecule has 0 radical (unpaired) electrons. The Morgan fingerprint density at radius 1 is 1.36 bits per heavy atom. The van der Waals surface area contributed by atoms with E-state index in [-0.39, 0.29) is 30.1 Å². The maximum atomic E-state index is 12.5. The monoisotopic (exact) mass is 327 g/mol. The van der Waals surface area contributed by atoms with Crippen LogP contribution in [0.2, 0.25) is 0 Å². The summed E-state index contributed by atoms with van der Waals surface area (Å²) in [5.74, 6) is -1.62. The molecule has 8 nitrogen and oxygen atoms in total. The van der Waals surface area contributed by atoms with E-state index in [4.69, 9.17) is 5.11 Å². The molecule has 0 fully saturated rings. The van der Waals surface area contributed by atoms with Crippen molar-refractivity contribution in [3.8, 4) is 0 Å². The summed E-state index contributed by atoms with van der Waals surface area (Å²) in [7, 11) is -3.73. The number of aliphatic carboxylic acids is 1. The highest BCUT2D eigenvalue weighted by Gasteiger charge is 2.31. The maximum Gasteiger partial charge on any atom is 0.331 e. The smallest absolute Gasteiger partial charge is 0.331 e. The van der Waals surface area contributed by atoms with Gasteiger partial charge in [-0.2, -0.15) is 0 Å². The fourth-order valence-corrected chi connectivity index (χ4v) is 3.42. The number of fused-ring (bicyclic) bond motifs is 1. The quantitative estimate of drug-likeness (QED) is 0.846. The van der Waals surface area contributed by atoms with E-state index in [1.807, 2.05) is 0 Å². The molecule has 0 bridgehead atoms. The zero-order valence-electron chi connectivity index (χ0n) is 12.5. The molecule has 1 heterocycles. The van der Waals surface area contributed by atoms with Crippen LogP contribution in [0.25, 0.3) is 6.08 Å². The van der Waals surface area contributed by atoms with Crippen LogP contribution in [0.15, 0.2) is 5.57 Å². The van der Waals surface area contributed by atoms with Crippen molar-refractivity contribution in [2.75, 3.05) is 5.32 Å². The first-order valence-corrected chi connectivity index (χ1v) is 8.22. The first-order valence-electron chi connectivity index (χ1n) is 6.72. The highest BCUT2D eigenvalue weighted by atomic mass is 32.2. The van der Waals surface area contributed by atoms with E-state index >= 15 is 0 Å². The molecule has 2 N–H and O–H groups in total. The van der Waals surface area contributed by atoms with Crippen molar-refractivity contribution in [3.63, 3.8) is 0 Å². The second-order valence-electron chi connectivity index (χ2n) is 5.28. The highest BCUT2D eigenvalue weighted by molar-refractivity contribution is 7.90. The van der Waals surface area contributed by atoms with Gasteiger partial charge in [-0.1, -0.05) is 0 Å². The van der Waals surface area contributed by atoms with Gasteiger partial charge < -0.3 is 5.11 Å². The van der Waals surface area contributed by atoms with Gasteiger partial charge >= 0.3 is 5.97 Å². The Morgan fingerprint density at radius 3 is 2.50 bits per heavy atom. The number of aromatic nitrogens is 2. The van der Waals surface area contributed by atoms with E-state index in [9.17, 15) is 18.0 Å². The third kappa shape index (κ3) is 2.76. The lowest BCUT2D eigenvalue weighted by Gasteiger charge is -2.17. The standard InChI is InChI=1S/C13H17N3O5S/c1-7(2)22(20,21)16-11-5-4-9(12(18)19)6-10(11)15-13(16)14-8(3)17/h6-7H,4-5H2,1-3H3,(H,18,19)(H,14,15,17). The number of amides is 1. The molecule has 0 atom stereocenters. The van der Waals surface area contributed by atoms with Crippen molar-refractivity contribution in [2.45, 2.75) is 38.9 Å². The Bertz CT molecular complexity index is 774. The zero-order chi connectivity index (χ0) is 16.7. The number of imidazole rings is 1. The van der Waals surface area contributed by atoms with E-state index in [1.54, 1.807) is 0 Å². The molecule has 0 unspecified atom stereocenters. The Kier molecular flexibility index (Phi) is 4.10. The van der Waals surface area contributed by atoms with Gasteiger partial charge in [-0.15, -0.1) is 0 Å². The summed E-state index contributed by atoms with van der Waals surface area (Å²) in [5.41, 5.74) is 0.813. The Labute approximate surface area is 127 Å². The molecule has 1 aliphatic rings. The Morgan fingerprint density at radius 2 is 2.00 bits per heavy atom. The number of nitrogens with zero attached hydrogens (tertiary/aromatic N) is 2. The van der Waals surface area contributed by atoms with Gasteiger partial charge in [0.25, 0.3) is 0 Å². The number of anilines is 1. The molecule has 0 aromatic carbocycles. The Hall–Kier alpha value is -2.16. The minimum Gasteiger partial charge on any atom is -0.478 e. The lowest BCUT2D eigenvalue weighted by Crippen LogP contribution is -2.27. The third-order valence-electron chi connectivity index (χ3n) is 3.31. The molecule has 0 spiro atoms. The van der Waals surface area contributed by atoms with Crippen LogP contribution in [0.4, 0.5) is 5.95 Å². The van der Waals surface area contributed by atoms with Gasteiger partial charge in [0.1, 0.15) is 0 Å². The van der Waals surface area contributed by atoms with Crippen molar-refractivity contribution in [3.05, 3.63) is 17.0 Å². The Balaban J connectivity index is 2.68. The van der Waals surface area contributed by atoms with Gasteiger partial charge in [0, 0.05) is 12.5 Å². The van der Waals surface area contributed by atoms with Crippen LogP contribution in [-0.2, 0) is 26.0 Å². The summed E-state index contributed by atoms with van der Waals surface area (Å²) in [5, 5.41) is 10.7. The van der Waals surface area contributed by atoms with Gasteiger partial charge in [0.15, 0.2) is 0 Å². The first-order chi connectivity index (χ1) is 10.1. The number of carboxylic acids is 1. The van der Waals surface area contributed by atoms with E-state index in [2.05, 4.69) is 10.3 Å². The molecule has 1 aliphatic carbocycles. The maximum absolute atomic E-state index is 12.5. The predicted molar refractivity (Wildman–Crippen MR) is 79.9 cm³/mol. The normalized spacial score (nSPS) is 14.5. The van der Waals surface area contributed by atoms with E-state index < -0.39 is 27.1 Å². The summed E-state index contributed by atoms with van der Waals surface area (Å²) >= 11 is 0. The van der Waals surface area contributed by atoms with Crippen molar-refractivity contribution in [2.24, 2.45) is 0 Å². The van der Waals surface area contributed by atoms with Crippen LogP contribution in [0, 0.1) is 0 Å². The fraction of sp³-hybridized carbons (Fsp3) is 0.462. The SMILES string of the molecule is CC(=O)Nc1nc2c(n1S(=O)(=O)C(C)C)CCC(C(=O)O)=C2. The fourth-order valence-electron chi connectivity index (χ4n) is 2.18. The van der Waals surface area contributed by atoms with Crippen molar-refractivity contribution in [1.29, 1.82) is 0 Å². The molecular weight excluding hydrogens is 310 g/mol. The number of hydrogen-bond donors (Lipinski definition) is 2. The zero-order valence-corrected chi connectivity index (χ0v) is 13.3. The number of carboxylic acid groups (broad SMARTS) is 1. The molecule has 9 heteroatoms. The van der Waals surface area contributed by atoms with Crippen LogP contribution in [0.1, 0.15) is 38.6 Å². The van der Waals surface area contributed by atoms with Gasteiger partial charge in [0.05, 0.1) is 16.6 Å². The van der Waals surface area contributed by atoms with E-state index in [0.29, 0.717) is 5.69 Å². The molecule has 0 aliphatic heterocycles. The topological polar surface area (TPSA) is 118 Å². The van der Waals surface area contributed by atoms with Crippen LogP contribution in [0.3, 0.4) is 0 Å². The number of carbonyl (C=O) groups excluding carboxylic acids is 1. The minimum atomic E-state index is -3.73. The molecule has 1 aromatic rings. The summed E-state index contributed by atoms with van der Waals surface area (Å²) in [6.45, 7) is 4.31. The molecule has 120 valence electrons. The molecule has 1 amide bonds. The average Bonchev–Trinajstić information content (AvgIpc) is 2.74. The summed E-state index contributed by atoms with van der Waals surface area (Å²) in [6.07, 6.45) is 1.78. The van der Waals surface area contributed by atoms with E-state index in [0.717, 1.165) is 3.97 Å². The highest BCUT2D eigenvalue weighted by Crippen LogP contribution is 2.29.